The Morgan fingerprint density at radius 2 is 1.87 bits per heavy atom. The third-order valence-corrected chi connectivity index (χ3v) is 3.42. The minimum atomic E-state index is 0.294. The van der Waals surface area contributed by atoms with Crippen LogP contribution in [0.5, 0.6) is 0 Å². The highest BCUT2D eigenvalue weighted by molar-refractivity contribution is 5.78. The van der Waals surface area contributed by atoms with Gasteiger partial charge in [0, 0.05) is 19.0 Å². The monoisotopic (exact) mass is 211 g/mol. The number of likely N-dealkylation sites (tertiary alicyclic amines) is 1. The molecule has 1 amide bonds. The van der Waals surface area contributed by atoms with E-state index in [9.17, 15) is 4.79 Å². The molecule has 0 spiro atoms. The van der Waals surface area contributed by atoms with Gasteiger partial charge in [-0.2, -0.15) is 0 Å². The number of amides is 1. The van der Waals surface area contributed by atoms with Gasteiger partial charge in [-0.1, -0.05) is 26.7 Å². The summed E-state index contributed by atoms with van der Waals surface area (Å²) >= 11 is 0. The molecule has 1 aliphatic rings. The van der Waals surface area contributed by atoms with E-state index in [0.29, 0.717) is 11.8 Å². The molecule has 88 valence electrons. The molecule has 0 saturated carbocycles. The molecular weight excluding hydrogens is 186 g/mol. The quantitative estimate of drug-likeness (QED) is 0.683. The molecule has 15 heavy (non-hydrogen) atoms. The summed E-state index contributed by atoms with van der Waals surface area (Å²) in [5, 5.41) is 0. The summed E-state index contributed by atoms with van der Waals surface area (Å²) in [6.07, 6.45) is 8.20. The van der Waals surface area contributed by atoms with E-state index >= 15 is 0 Å². The highest BCUT2D eigenvalue weighted by Gasteiger charge is 2.23. The number of rotatable bonds is 5. The van der Waals surface area contributed by atoms with Crippen LogP contribution in [-0.2, 0) is 4.79 Å². The lowest BCUT2D eigenvalue weighted by Crippen LogP contribution is -2.39. The van der Waals surface area contributed by atoms with E-state index in [1.807, 2.05) is 0 Å². The molecule has 0 aromatic rings. The fourth-order valence-corrected chi connectivity index (χ4v) is 2.33. The predicted octanol–water partition coefficient (Wildman–Crippen LogP) is 3.22. The second-order valence-electron chi connectivity index (χ2n) is 4.63. The van der Waals surface area contributed by atoms with E-state index in [4.69, 9.17) is 0 Å². The van der Waals surface area contributed by atoms with Crippen molar-refractivity contribution >= 4 is 5.91 Å². The topological polar surface area (TPSA) is 20.3 Å². The van der Waals surface area contributed by atoms with Crippen molar-refractivity contribution in [2.75, 3.05) is 13.1 Å². The molecule has 0 N–H and O–H groups in total. The molecule has 1 fully saturated rings. The van der Waals surface area contributed by atoms with Gasteiger partial charge in [-0.3, -0.25) is 4.79 Å². The number of carbonyl (C=O) groups is 1. The van der Waals surface area contributed by atoms with E-state index in [-0.39, 0.29) is 0 Å². The first kappa shape index (κ1) is 12.5. The van der Waals surface area contributed by atoms with Crippen molar-refractivity contribution in [1.82, 2.24) is 4.90 Å². The molecule has 0 aliphatic carbocycles. The molecule has 1 saturated heterocycles. The zero-order valence-corrected chi connectivity index (χ0v) is 10.3. The average molecular weight is 211 g/mol. The molecule has 2 heteroatoms. The smallest absolute Gasteiger partial charge is 0.225 e. The molecule has 1 atom stereocenters. The molecule has 0 radical (unpaired) electrons. The molecule has 0 aromatic heterocycles. The first-order valence-electron chi connectivity index (χ1n) is 6.58. The summed E-state index contributed by atoms with van der Waals surface area (Å²) in [6, 6.07) is 0. The van der Waals surface area contributed by atoms with Crippen molar-refractivity contribution in [2.24, 2.45) is 5.92 Å². The molecule has 1 heterocycles. The zero-order chi connectivity index (χ0) is 11.1. The summed E-state index contributed by atoms with van der Waals surface area (Å²) in [5.41, 5.74) is 0. The molecule has 1 unspecified atom stereocenters. The Kier molecular flexibility index (Phi) is 5.74. The first-order chi connectivity index (χ1) is 7.29. The van der Waals surface area contributed by atoms with Crippen molar-refractivity contribution in [1.29, 1.82) is 0 Å². The molecule has 0 aromatic carbocycles. The average Bonchev–Trinajstić information content (AvgIpc) is 2.31. The van der Waals surface area contributed by atoms with Crippen LogP contribution in [0.3, 0.4) is 0 Å². The van der Waals surface area contributed by atoms with E-state index in [0.717, 1.165) is 25.9 Å². The maximum atomic E-state index is 12.2. The lowest BCUT2D eigenvalue weighted by atomic mass is 9.96. The van der Waals surface area contributed by atoms with Gasteiger partial charge in [-0.15, -0.1) is 0 Å². The molecule has 0 bridgehead atoms. The lowest BCUT2D eigenvalue weighted by molar-refractivity contribution is -0.136. The van der Waals surface area contributed by atoms with Crippen molar-refractivity contribution in [3.63, 3.8) is 0 Å². The van der Waals surface area contributed by atoms with Gasteiger partial charge in [0.15, 0.2) is 0 Å². The van der Waals surface area contributed by atoms with Crippen LogP contribution >= 0.6 is 0 Å². The Labute approximate surface area is 94.0 Å². The fraction of sp³-hybridized carbons (Fsp3) is 0.923. The maximum Gasteiger partial charge on any atom is 0.225 e. The highest BCUT2D eigenvalue weighted by Crippen LogP contribution is 2.18. The second kappa shape index (κ2) is 6.86. The number of piperidine rings is 1. The summed E-state index contributed by atoms with van der Waals surface area (Å²) in [7, 11) is 0. The normalized spacial score (nSPS) is 18.9. The zero-order valence-electron chi connectivity index (χ0n) is 10.3. The summed E-state index contributed by atoms with van der Waals surface area (Å²) in [4.78, 5) is 14.3. The van der Waals surface area contributed by atoms with Crippen LogP contribution in [0.1, 0.15) is 58.8 Å². The van der Waals surface area contributed by atoms with Gasteiger partial charge in [0.05, 0.1) is 0 Å². The number of hydrogen-bond donors (Lipinski definition) is 0. The van der Waals surface area contributed by atoms with Gasteiger partial charge in [-0.25, -0.2) is 0 Å². The summed E-state index contributed by atoms with van der Waals surface area (Å²) in [5.74, 6) is 0.716. The fourth-order valence-electron chi connectivity index (χ4n) is 2.33. The number of hydrogen-bond acceptors (Lipinski definition) is 1. The standard InChI is InChI=1S/C13H25NO/c1-3-5-9-12(4-2)13(15)14-10-7-6-8-11-14/h12H,3-11H2,1-2H3. The molecular formula is C13H25NO. The number of carbonyl (C=O) groups excluding carboxylic acids is 1. The molecule has 1 aliphatic heterocycles. The van der Waals surface area contributed by atoms with Crippen LogP contribution in [-0.4, -0.2) is 23.9 Å². The maximum absolute atomic E-state index is 12.2. The number of nitrogens with zero attached hydrogens (tertiary/aromatic N) is 1. The highest BCUT2D eigenvalue weighted by atomic mass is 16.2. The van der Waals surface area contributed by atoms with Gasteiger partial charge in [0.2, 0.25) is 5.91 Å². The van der Waals surface area contributed by atoms with Crippen LogP contribution in [0.2, 0.25) is 0 Å². The van der Waals surface area contributed by atoms with Crippen molar-refractivity contribution in [2.45, 2.75) is 58.8 Å². The number of unbranched alkanes of at least 4 members (excludes halogenated alkanes) is 1. The molecule has 2 nitrogen and oxygen atoms in total. The predicted molar refractivity (Wildman–Crippen MR) is 63.7 cm³/mol. The van der Waals surface area contributed by atoms with Crippen LogP contribution in [0.25, 0.3) is 0 Å². The largest absolute Gasteiger partial charge is 0.342 e. The minimum absolute atomic E-state index is 0.294. The van der Waals surface area contributed by atoms with E-state index in [1.165, 1.54) is 32.1 Å². The van der Waals surface area contributed by atoms with Crippen LogP contribution in [0.15, 0.2) is 0 Å². The Balaban J connectivity index is 2.40. The van der Waals surface area contributed by atoms with Gasteiger partial charge in [-0.05, 0) is 32.1 Å². The van der Waals surface area contributed by atoms with Gasteiger partial charge < -0.3 is 4.90 Å². The summed E-state index contributed by atoms with van der Waals surface area (Å²) < 4.78 is 0. The lowest BCUT2D eigenvalue weighted by Gasteiger charge is -2.30. The van der Waals surface area contributed by atoms with E-state index in [2.05, 4.69) is 18.7 Å². The second-order valence-corrected chi connectivity index (χ2v) is 4.63. The molecule has 1 rings (SSSR count). The Bertz CT molecular complexity index is 185. The van der Waals surface area contributed by atoms with E-state index < -0.39 is 0 Å². The Morgan fingerprint density at radius 3 is 2.40 bits per heavy atom. The van der Waals surface area contributed by atoms with Crippen LogP contribution in [0.4, 0.5) is 0 Å². The van der Waals surface area contributed by atoms with Gasteiger partial charge in [0.25, 0.3) is 0 Å². The van der Waals surface area contributed by atoms with Crippen molar-refractivity contribution in [3.8, 4) is 0 Å². The summed E-state index contributed by atoms with van der Waals surface area (Å²) in [6.45, 7) is 6.34. The third kappa shape index (κ3) is 3.84. The first-order valence-corrected chi connectivity index (χ1v) is 6.58. The Hall–Kier alpha value is -0.530. The minimum Gasteiger partial charge on any atom is -0.342 e. The van der Waals surface area contributed by atoms with Crippen molar-refractivity contribution < 1.29 is 4.79 Å². The SMILES string of the molecule is CCCCC(CC)C(=O)N1CCCCC1. The van der Waals surface area contributed by atoms with Crippen LogP contribution < -0.4 is 0 Å². The van der Waals surface area contributed by atoms with Gasteiger partial charge >= 0.3 is 0 Å². The Morgan fingerprint density at radius 1 is 1.20 bits per heavy atom. The third-order valence-electron chi connectivity index (χ3n) is 3.42. The van der Waals surface area contributed by atoms with Crippen LogP contribution in [0, 0.1) is 5.92 Å². The van der Waals surface area contributed by atoms with Gasteiger partial charge in [0.1, 0.15) is 0 Å². The van der Waals surface area contributed by atoms with E-state index in [1.54, 1.807) is 0 Å². The van der Waals surface area contributed by atoms with Crippen molar-refractivity contribution in [3.05, 3.63) is 0 Å².